The van der Waals surface area contributed by atoms with E-state index in [1.165, 1.54) is 0 Å². The first-order valence-corrected chi connectivity index (χ1v) is 14.1. The third-order valence-electron chi connectivity index (χ3n) is 6.64. The summed E-state index contributed by atoms with van der Waals surface area (Å²) in [6, 6.07) is 4.29. The third kappa shape index (κ3) is 6.49. The average molecular weight is 537 g/mol. The van der Waals surface area contributed by atoms with Crippen molar-refractivity contribution < 1.29 is 9.53 Å². The Kier molecular flexibility index (Phi) is 9.31. The summed E-state index contributed by atoms with van der Waals surface area (Å²) < 4.78 is 8.15. The van der Waals surface area contributed by atoms with Gasteiger partial charge in [-0.3, -0.25) is 9.48 Å². The summed E-state index contributed by atoms with van der Waals surface area (Å²) in [6.07, 6.45) is 10.1. The predicted octanol–water partition coefficient (Wildman–Crippen LogP) is 4.49. The summed E-state index contributed by atoms with van der Waals surface area (Å²) >= 11 is 1.60. The molecule has 1 saturated heterocycles. The van der Waals surface area contributed by atoms with Crippen molar-refractivity contribution in [1.29, 1.82) is 5.26 Å². The molecule has 0 bridgehead atoms. The Balaban J connectivity index is 1.46. The van der Waals surface area contributed by atoms with E-state index < -0.39 is 0 Å². The lowest BCUT2D eigenvalue weighted by atomic mass is 9.89. The molecule has 1 fully saturated rings. The first kappa shape index (κ1) is 27.5. The molecule has 10 nitrogen and oxygen atoms in total. The summed E-state index contributed by atoms with van der Waals surface area (Å²) in [4.78, 5) is 23.5. The van der Waals surface area contributed by atoms with Gasteiger partial charge in [-0.2, -0.15) is 10.4 Å². The van der Waals surface area contributed by atoms with Crippen LogP contribution in [0.1, 0.15) is 52.4 Å². The predicted molar refractivity (Wildman–Crippen MR) is 149 cm³/mol. The quantitative estimate of drug-likeness (QED) is 0.227. The number of ether oxygens (including phenoxy) is 1. The van der Waals surface area contributed by atoms with Crippen molar-refractivity contribution in [2.45, 2.75) is 57.9 Å². The van der Waals surface area contributed by atoms with Gasteiger partial charge in [0.15, 0.2) is 0 Å². The van der Waals surface area contributed by atoms with E-state index in [9.17, 15) is 10.1 Å². The highest BCUT2D eigenvalue weighted by atomic mass is 32.1. The van der Waals surface area contributed by atoms with Gasteiger partial charge in [-0.25, -0.2) is 9.97 Å². The molecule has 3 aromatic rings. The summed E-state index contributed by atoms with van der Waals surface area (Å²) in [6.45, 7) is 6.85. The van der Waals surface area contributed by atoms with Gasteiger partial charge >= 0.3 is 5.97 Å². The monoisotopic (exact) mass is 536 g/mol. The van der Waals surface area contributed by atoms with Crippen molar-refractivity contribution in [2.75, 3.05) is 38.6 Å². The number of thiophene rings is 1. The van der Waals surface area contributed by atoms with Gasteiger partial charge in [0.25, 0.3) is 0 Å². The number of fused-ring (bicyclic) bond motifs is 1. The van der Waals surface area contributed by atoms with Crippen LogP contribution in [0.3, 0.4) is 0 Å². The average Bonchev–Trinajstić information content (AvgIpc) is 3.56. The van der Waals surface area contributed by atoms with Crippen LogP contribution in [0.4, 0.5) is 5.95 Å². The van der Waals surface area contributed by atoms with E-state index in [0.29, 0.717) is 25.4 Å². The molecular formula is C27H36N8O2S. The maximum absolute atomic E-state index is 11.9. The van der Waals surface area contributed by atoms with Crippen molar-refractivity contribution in [1.82, 2.24) is 30.0 Å². The van der Waals surface area contributed by atoms with Crippen LogP contribution >= 0.6 is 11.3 Å². The number of unbranched alkanes of at least 4 members (excludes halogenated alkanes) is 1. The van der Waals surface area contributed by atoms with E-state index in [2.05, 4.69) is 40.5 Å². The second-order valence-electron chi connectivity index (χ2n) is 9.66. The molecule has 4 heterocycles. The number of carbonyl (C=O) groups is 1. The number of hydrogen-bond donors (Lipinski definition) is 2. The van der Waals surface area contributed by atoms with E-state index in [0.717, 1.165) is 72.5 Å². The SMILES string of the molecule is CCCCOC(=O)CCCN(C)/C=C(\CC)Nc1nc(-c2cnn(C3(CC#N)CNC3)c2)c2sccc2n1. The molecule has 3 aromatic heterocycles. The molecule has 1 aliphatic heterocycles. The number of nitrogens with one attached hydrogen (secondary N) is 2. The van der Waals surface area contributed by atoms with Crippen molar-refractivity contribution >= 4 is 33.5 Å². The molecule has 1 aliphatic rings. The Bertz CT molecular complexity index is 1300. The number of esters is 1. The number of anilines is 1. The summed E-state index contributed by atoms with van der Waals surface area (Å²) in [5.74, 6) is 0.391. The molecule has 0 amide bonds. The van der Waals surface area contributed by atoms with Crippen LogP contribution < -0.4 is 10.6 Å². The summed E-state index contributed by atoms with van der Waals surface area (Å²) in [5.41, 5.74) is 3.27. The van der Waals surface area contributed by atoms with E-state index in [1.54, 1.807) is 11.3 Å². The largest absolute Gasteiger partial charge is 0.466 e. The minimum atomic E-state index is -0.301. The van der Waals surface area contributed by atoms with Crippen LogP contribution in [0.25, 0.3) is 21.5 Å². The zero-order chi connectivity index (χ0) is 27.0. The van der Waals surface area contributed by atoms with E-state index in [-0.39, 0.29) is 11.5 Å². The van der Waals surface area contributed by atoms with E-state index in [1.807, 2.05) is 41.8 Å². The van der Waals surface area contributed by atoms with Crippen molar-refractivity contribution in [2.24, 2.45) is 0 Å². The van der Waals surface area contributed by atoms with Crippen molar-refractivity contribution in [3.8, 4) is 17.3 Å². The highest BCUT2D eigenvalue weighted by Gasteiger charge is 2.39. The van der Waals surface area contributed by atoms with Gasteiger partial charge in [0.1, 0.15) is 5.54 Å². The first-order chi connectivity index (χ1) is 18.5. The minimum absolute atomic E-state index is 0.134. The van der Waals surface area contributed by atoms with Gasteiger partial charge < -0.3 is 20.3 Å². The van der Waals surface area contributed by atoms with Crippen molar-refractivity contribution in [3.05, 3.63) is 35.7 Å². The number of nitriles is 1. The second kappa shape index (κ2) is 12.8. The fraction of sp³-hybridized carbons (Fsp3) is 0.519. The normalized spacial score (nSPS) is 14.6. The molecule has 0 atom stereocenters. The zero-order valence-electron chi connectivity index (χ0n) is 22.4. The van der Waals surface area contributed by atoms with Gasteiger partial charge in [-0.05, 0) is 30.7 Å². The molecule has 11 heteroatoms. The fourth-order valence-electron chi connectivity index (χ4n) is 4.31. The molecular weight excluding hydrogens is 500 g/mol. The molecule has 0 unspecified atom stereocenters. The number of rotatable bonds is 14. The molecule has 2 N–H and O–H groups in total. The highest BCUT2D eigenvalue weighted by molar-refractivity contribution is 7.17. The van der Waals surface area contributed by atoms with Gasteiger partial charge in [0, 0.05) is 56.8 Å². The van der Waals surface area contributed by atoms with Crippen LogP contribution in [-0.2, 0) is 15.1 Å². The standard InChI is InChI=1S/C27H36N8O2S/c1-4-6-13-37-23(36)8-7-12-34(3)17-21(5-2)31-26-32-22-9-14-38-25(22)24(33-26)20-15-30-35(16-20)27(10-11-28)18-29-19-27/h9,14-17,29H,4-8,10,12-13,18-19H2,1-3H3,(H,31,32,33)/b21-17+. The lowest BCUT2D eigenvalue weighted by molar-refractivity contribution is -0.143. The Morgan fingerprint density at radius 3 is 2.92 bits per heavy atom. The zero-order valence-corrected chi connectivity index (χ0v) is 23.2. The lowest BCUT2D eigenvalue weighted by Gasteiger charge is -2.41. The fourth-order valence-corrected chi connectivity index (χ4v) is 5.15. The molecule has 4 rings (SSSR count). The minimum Gasteiger partial charge on any atom is -0.466 e. The van der Waals surface area contributed by atoms with Crippen molar-refractivity contribution in [3.63, 3.8) is 0 Å². The Morgan fingerprint density at radius 2 is 2.21 bits per heavy atom. The summed E-state index contributed by atoms with van der Waals surface area (Å²) in [7, 11) is 1.99. The topological polar surface area (TPSA) is 121 Å². The van der Waals surface area contributed by atoms with Gasteiger partial charge in [0.05, 0.1) is 41.2 Å². The maximum Gasteiger partial charge on any atom is 0.305 e. The molecule has 0 saturated carbocycles. The van der Waals surface area contributed by atoms with E-state index >= 15 is 0 Å². The molecule has 202 valence electrons. The molecule has 38 heavy (non-hydrogen) atoms. The third-order valence-corrected chi connectivity index (χ3v) is 7.55. The molecule has 0 aromatic carbocycles. The number of nitrogens with zero attached hydrogens (tertiary/aromatic N) is 6. The number of hydrogen-bond acceptors (Lipinski definition) is 10. The molecule has 0 aliphatic carbocycles. The van der Waals surface area contributed by atoms with Gasteiger partial charge in [-0.1, -0.05) is 20.3 Å². The number of allylic oxidation sites excluding steroid dienone is 1. The second-order valence-corrected chi connectivity index (χ2v) is 10.6. The molecule has 0 spiro atoms. The van der Waals surface area contributed by atoms with E-state index in [4.69, 9.17) is 14.7 Å². The van der Waals surface area contributed by atoms with Crippen LogP contribution in [0.5, 0.6) is 0 Å². The first-order valence-electron chi connectivity index (χ1n) is 13.2. The Labute approximate surface area is 227 Å². The van der Waals surface area contributed by atoms with Crippen LogP contribution in [0.2, 0.25) is 0 Å². The molecule has 0 radical (unpaired) electrons. The Morgan fingerprint density at radius 1 is 1.37 bits per heavy atom. The van der Waals surface area contributed by atoms with Gasteiger partial charge in [-0.15, -0.1) is 11.3 Å². The summed E-state index contributed by atoms with van der Waals surface area (Å²) in [5, 5.41) is 22.6. The van der Waals surface area contributed by atoms with Crippen LogP contribution in [0.15, 0.2) is 35.7 Å². The highest BCUT2D eigenvalue weighted by Crippen LogP contribution is 2.33. The number of carbonyl (C=O) groups excluding carboxylic acids is 1. The van der Waals surface area contributed by atoms with Gasteiger partial charge in [0.2, 0.25) is 5.95 Å². The smallest absolute Gasteiger partial charge is 0.305 e. The van der Waals surface area contributed by atoms with Crippen LogP contribution in [-0.4, -0.2) is 63.9 Å². The lowest BCUT2D eigenvalue weighted by Crippen LogP contribution is -2.60. The number of aromatic nitrogens is 4. The Hall–Kier alpha value is -3.49. The van der Waals surface area contributed by atoms with Crippen LogP contribution in [0, 0.1) is 11.3 Å². The maximum atomic E-state index is 11.9.